The van der Waals surface area contributed by atoms with E-state index in [0.717, 1.165) is 22.3 Å². The molecule has 0 fully saturated rings. The van der Waals surface area contributed by atoms with Crippen molar-refractivity contribution in [2.24, 2.45) is 4.99 Å². The minimum absolute atomic E-state index is 0.212. The number of halogens is 2. The van der Waals surface area contributed by atoms with Crippen LogP contribution in [0.15, 0.2) is 47.5 Å². The molecule has 116 valence electrons. The number of benzene rings is 2. The summed E-state index contributed by atoms with van der Waals surface area (Å²) in [6.45, 7) is 5.94. The molecule has 2 aromatic carbocycles. The second kappa shape index (κ2) is 10.2. The van der Waals surface area contributed by atoms with Crippen LogP contribution < -0.4 is 0 Å². The molecule has 0 atom stereocenters. The number of aromatic hydroxyl groups is 1. The van der Waals surface area contributed by atoms with E-state index >= 15 is 0 Å². The Morgan fingerprint density at radius 1 is 1.09 bits per heavy atom. The van der Waals surface area contributed by atoms with Crippen LogP contribution in [-0.2, 0) is 20.8 Å². The summed E-state index contributed by atoms with van der Waals surface area (Å²) >= 11 is -0.826. The number of hydrogen-bond acceptors (Lipinski definition) is 2. The maximum atomic E-state index is 10.3. The summed E-state index contributed by atoms with van der Waals surface area (Å²) in [6, 6.07) is 14.2. The van der Waals surface area contributed by atoms with Crippen LogP contribution in [0.3, 0.4) is 0 Å². The number of phenolic OH excluding ortho intramolecular Hbond substituents is 1. The fourth-order valence-electron chi connectivity index (χ4n) is 1.94. The molecule has 0 spiro atoms. The van der Waals surface area contributed by atoms with Crippen molar-refractivity contribution >= 4 is 23.2 Å². The van der Waals surface area contributed by atoms with Gasteiger partial charge >= 0.3 is 37.9 Å². The molecule has 0 unspecified atom stereocenters. The molecule has 0 aliphatic rings. The van der Waals surface area contributed by atoms with Crippen molar-refractivity contribution in [2.75, 3.05) is 0 Å². The van der Waals surface area contributed by atoms with E-state index in [9.17, 15) is 5.11 Å². The van der Waals surface area contributed by atoms with Crippen LogP contribution in [0, 0.1) is 6.92 Å². The third-order valence-corrected chi connectivity index (χ3v) is 3.01. The van der Waals surface area contributed by atoms with Crippen LogP contribution >= 0.6 is 17.0 Å². The van der Waals surface area contributed by atoms with Crippen molar-refractivity contribution in [2.45, 2.75) is 26.8 Å². The van der Waals surface area contributed by atoms with Crippen molar-refractivity contribution in [1.82, 2.24) is 0 Å². The molecule has 0 saturated carbocycles. The molecule has 0 heterocycles. The van der Waals surface area contributed by atoms with Gasteiger partial charge in [0.1, 0.15) is 5.75 Å². The first-order chi connectivity index (χ1) is 10.5. The summed E-state index contributed by atoms with van der Waals surface area (Å²) < 4.78 is 0. The molecule has 2 nitrogen and oxygen atoms in total. The molecular weight excluding hydrogens is 396 g/mol. The zero-order valence-corrected chi connectivity index (χ0v) is 16.8. The number of aliphatic imine (C=N–C) groups is 1. The SMILES string of the molecule is Cc1ccc(-c2ccccc2)c(C=NC(C)C)c1O.[Cl][Zr][Cl]. The third-order valence-electron chi connectivity index (χ3n) is 3.01. The fourth-order valence-corrected chi connectivity index (χ4v) is 1.94. The van der Waals surface area contributed by atoms with Gasteiger partial charge in [-0.15, -0.1) is 0 Å². The molecule has 0 radical (unpaired) electrons. The van der Waals surface area contributed by atoms with Gasteiger partial charge in [0, 0.05) is 17.8 Å². The van der Waals surface area contributed by atoms with Crippen molar-refractivity contribution in [3.8, 4) is 16.9 Å². The molecule has 0 aliphatic carbocycles. The Kier molecular flexibility index (Phi) is 9.01. The Morgan fingerprint density at radius 3 is 2.23 bits per heavy atom. The first-order valence-electron chi connectivity index (χ1n) is 6.88. The molecule has 0 amide bonds. The number of aryl methyl sites for hydroxylation is 1. The fraction of sp³-hybridized carbons (Fsp3) is 0.235. The maximum absolute atomic E-state index is 10.3. The quantitative estimate of drug-likeness (QED) is 0.653. The van der Waals surface area contributed by atoms with Gasteiger partial charge in [0.05, 0.1) is 0 Å². The predicted molar refractivity (Wildman–Crippen MR) is 92.7 cm³/mol. The third kappa shape index (κ3) is 5.87. The van der Waals surface area contributed by atoms with Gasteiger partial charge in [-0.25, -0.2) is 0 Å². The van der Waals surface area contributed by atoms with Gasteiger partial charge in [-0.3, -0.25) is 4.99 Å². The minimum atomic E-state index is -0.826. The molecule has 0 aromatic heterocycles. The van der Waals surface area contributed by atoms with Gasteiger partial charge in [0.15, 0.2) is 0 Å². The summed E-state index contributed by atoms with van der Waals surface area (Å²) in [4.78, 5) is 4.40. The standard InChI is InChI=1S/C17H19NO.2ClH.Zr/c1-12(2)18-11-16-15(10-9-13(3)17(16)19)14-7-5-4-6-8-14;;;/h4-12,19H,1-3H3;2*1H;/q;;;+2/p-2. The number of phenols is 1. The average molecular weight is 415 g/mol. The van der Waals surface area contributed by atoms with Gasteiger partial charge in [-0.2, -0.15) is 0 Å². The Morgan fingerprint density at radius 2 is 1.68 bits per heavy atom. The van der Waals surface area contributed by atoms with E-state index in [2.05, 4.69) is 4.99 Å². The molecular formula is C17H19Cl2NOZr. The second-order valence-electron chi connectivity index (χ2n) is 5.00. The van der Waals surface area contributed by atoms with E-state index in [1.54, 1.807) is 6.21 Å². The Balaban J connectivity index is 0.000000745. The van der Waals surface area contributed by atoms with Gasteiger partial charge in [-0.1, -0.05) is 42.5 Å². The van der Waals surface area contributed by atoms with Crippen molar-refractivity contribution in [1.29, 1.82) is 0 Å². The molecule has 5 heteroatoms. The first kappa shape index (κ1) is 19.4. The number of hydrogen-bond donors (Lipinski definition) is 1. The van der Waals surface area contributed by atoms with Crippen molar-refractivity contribution < 1.29 is 26.0 Å². The molecule has 22 heavy (non-hydrogen) atoms. The summed E-state index contributed by atoms with van der Waals surface area (Å²) in [6.07, 6.45) is 1.77. The van der Waals surface area contributed by atoms with Crippen LogP contribution in [0.2, 0.25) is 0 Å². The van der Waals surface area contributed by atoms with Gasteiger partial charge < -0.3 is 5.11 Å². The van der Waals surface area contributed by atoms with Crippen LogP contribution in [0.25, 0.3) is 11.1 Å². The number of rotatable bonds is 3. The van der Waals surface area contributed by atoms with Crippen LogP contribution in [0.4, 0.5) is 0 Å². The summed E-state index contributed by atoms with van der Waals surface area (Å²) in [5.41, 5.74) is 3.75. The normalized spacial score (nSPS) is 10.5. The van der Waals surface area contributed by atoms with Crippen LogP contribution in [-0.4, -0.2) is 17.4 Å². The molecule has 0 aliphatic heterocycles. The predicted octanol–water partition coefficient (Wildman–Crippen LogP) is 5.57. The van der Waals surface area contributed by atoms with E-state index in [4.69, 9.17) is 17.0 Å². The van der Waals surface area contributed by atoms with Gasteiger partial charge in [0.25, 0.3) is 0 Å². The summed E-state index contributed by atoms with van der Waals surface area (Å²) in [5.74, 6) is 0.311. The Bertz CT molecular complexity index is 616. The van der Waals surface area contributed by atoms with Crippen LogP contribution in [0.1, 0.15) is 25.0 Å². The van der Waals surface area contributed by atoms with Gasteiger partial charge in [-0.05, 0) is 37.5 Å². The number of nitrogens with zero attached hydrogens (tertiary/aromatic N) is 1. The van der Waals surface area contributed by atoms with Crippen LogP contribution in [0.5, 0.6) is 5.75 Å². The zero-order chi connectivity index (χ0) is 16.5. The Labute approximate surface area is 150 Å². The zero-order valence-electron chi connectivity index (χ0n) is 12.8. The molecule has 2 rings (SSSR count). The molecule has 2 aromatic rings. The van der Waals surface area contributed by atoms with E-state index in [0.29, 0.717) is 5.75 Å². The van der Waals surface area contributed by atoms with E-state index in [1.807, 2.05) is 63.2 Å². The molecule has 1 N–H and O–H groups in total. The molecule has 0 saturated heterocycles. The van der Waals surface area contributed by atoms with E-state index in [-0.39, 0.29) is 6.04 Å². The summed E-state index contributed by atoms with van der Waals surface area (Å²) in [5, 5.41) is 10.3. The average Bonchev–Trinajstić information content (AvgIpc) is 2.50. The monoisotopic (exact) mass is 413 g/mol. The summed E-state index contributed by atoms with van der Waals surface area (Å²) in [7, 11) is 9.87. The molecule has 0 bridgehead atoms. The van der Waals surface area contributed by atoms with Crippen molar-refractivity contribution in [3.05, 3.63) is 53.6 Å². The van der Waals surface area contributed by atoms with Crippen molar-refractivity contribution in [3.63, 3.8) is 0 Å². The first-order valence-corrected chi connectivity index (χ1v) is 13.2. The van der Waals surface area contributed by atoms with E-state index in [1.165, 1.54) is 0 Å². The van der Waals surface area contributed by atoms with Gasteiger partial charge in [0.2, 0.25) is 0 Å². The Hall–Kier alpha value is -0.627. The topological polar surface area (TPSA) is 32.6 Å². The van der Waals surface area contributed by atoms with E-state index < -0.39 is 20.8 Å². The second-order valence-corrected chi connectivity index (χ2v) is 8.73.